The quantitative estimate of drug-likeness (QED) is 0.0782. The van der Waals surface area contributed by atoms with Crippen LogP contribution in [0.5, 0.6) is 69.0 Å². The molecule has 290 valence electrons. The Labute approximate surface area is 305 Å². The Morgan fingerprint density at radius 1 is 0.600 bits per heavy atom. The average molecular weight is 773 g/mol. The molecule has 0 amide bonds. The van der Waals surface area contributed by atoms with E-state index in [1.165, 1.54) is 0 Å². The van der Waals surface area contributed by atoms with E-state index in [9.17, 15) is 80.8 Å². The molecule has 0 aliphatic carbocycles. The average Bonchev–Trinajstić information content (AvgIpc) is 3.13. The van der Waals surface area contributed by atoms with Crippen LogP contribution in [0.3, 0.4) is 0 Å². The van der Waals surface area contributed by atoms with E-state index in [1.807, 2.05) is 0 Å². The van der Waals surface area contributed by atoms with Gasteiger partial charge in [0.05, 0.1) is 23.3 Å². The number of rotatable bonds is 4. The van der Waals surface area contributed by atoms with Gasteiger partial charge in [0.2, 0.25) is 17.8 Å². The fourth-order valence-corrected chi connectivity index (χ4v) is 5.84. The van der Waals surface area contributed by atoms with Crippen LogP contribution in [-0.2, 0) is 30.3 Å². The number of phenols is 12. The number of esters is 3. The van der Waals surface area contributed by atoms with Crippen LogP contribution in [0.2, 0.25) is 0 Å². The Morgan fingerprint density at radius 3 is 1.62 bits per heavy atom. The molecule has 1 fully saturated rings. The first kappa shape index (κ1) is 37.5. The Kier molecular flexibility index (Phi) is 9.53. The highest BCUT2D eigenvalue weighted by Gasteiger charge is 2.51. The third-order valence-electron chi connectivity index (χ3n) is 8.56. The molecule has 6 rings (SSSR count). The molecule has 1 saturated heterocycles. The van der Waals surface area contributed by atoms with Gasteiger partial charge in [-0.15, -0.1) is 0 Å². The SMILES string of the molecule is O=C(O[C@@H]1O[C@@H]2COC(=O)c3cc(O)c(O)c(O)c3-c3c(cc(O)c(O)c3O)CO[C@H]([C@H]1O)[C@@H]2OC(=O)c1cc(O)c(O)c(O)c1)c1cc(O)c(O)c(O)c1. The van der Waals surface area contributed by atoms with Gasteiger partial charge in [-0.3, -0.25) is 0 Å². The van der Waals surface area contributed by atoms with Crippen molar-refractivity contribution in [3.8, 4) is 80.1 Å². The molecular formula is C34H28O21. The number of benzene rings is 4. The standard InChI is InChI=1S/C34H28O21/c35-13-1-9(2-14(36)22(13)41)31(48)54-29-19-8-52-33(50)12-6-18(40)25(44)27(46)21(12)20-11(5-17(39)24(43)26(20)45)7-51-30(29)28(47)34(53-19)55-32(49)10-3-15(37)23(42)16(38)4-10/h1-6,19,28-30,34-47H,7-8H2/t19-,28-,29-,30-,34+/m1/s1. The number of fused-ring (bicyclic) bond motifs is 5. The van der Waals surface area contributed by atoms with E-state index in [-0.39, 0.29) is 0 Å². The first-order valence-corrected chi connectivity index (χ1v) is 15.5. The summed E-state index contributed by atoms with van der Waals surface area (Å²) in [6.07, 6.45) is -10.0. The van der Waals surface area contributed by atoms with Crippen molar-refractivity contribution >= 4 is 17.9 Å². The summed E-state index contributed by atoms with van der Waals surface area (Å²) < 4.78 is 27.7. The van der Waals surface area contributed by atoms with Gasteiger partial charge in [0.1, 0.15) is 24.9 Å². The molecule has 2 aliphatic rings. The van der Waals surface area contributed by atoms with Crippen LogP contribution in [0.25, 0.3) is 11.1 Å². The highest BCUT2D eigenvalue weighted by atomic mass is 16.7. The van der Waals surface area contributed by atoms with Crippen LogP contribution in [0.4, 0.5) is 0 Å². The Balaban J connectivity index is 1.47. The van der Waals surface area contributed by atoms with Crippen molar-refractivity contribution in [3.63, 3.8) is 0 Å². The molecule has 2 bridgehead atoms. The number of carbonyl (C=O) groups excluding carboxylic acids is 3. The second-order valence-electron chi connectivity index (χ2n) is 12.1. The van der Waals surface area contributed by atoms with Crippen molar-refractivity contribution in [2.75, 3.05) is 6.61 Å². The molecular weight excluding hydrogens is 744 g/mol. The predicted molar refractivity (Wildman–Crippen MR) is 173 cm³/mol. The predicted octanol–water partition coefficient (Wildman–Crippen LogP) is 1.04. The van der Waals surface area contributed by atoms with E-state index < -0.39 is 164 Å². The maximum atomic E-state index is 13.6. The number of aromatic hydroxyl groups is 12. The molecule has 2 heterocycles. The lowest BCUT2D eigenvalue weighted by Crippen LogP contribution is -2.61. The highest BCUT2D eigenvalue weighted by molar-refractivity contribution is 6.03. The second kappa shape index (κ2) is 14.0. The van der Waals surface area contributed by atoms with E-state index in [0.29, 0.717) is 30.3 Å². The maximum absolute atomic E-state index is 13.6. The number of cyclic esters (lactones) is 1. The zero-order valence-electron chi connectivity index (χ0n) is 27.3. The molecule has 55 heavy (non-hydrogen) atoms. The topological polar surface area (TPSA) is 360 Å². The van der Waals surface area contributed by atoms with Crippen LogP contribution in [-0.4, -0.2) is 122 Å². The number of carbonyl (C=O) groups is 3. The number of aliphatic hydroxyl groups excluding tert-OH is 1. The molecule has 0 spiro atoms. The normalized spacial score (nSPS) is 20.8. The van der Waals surface area contributed by atoms with Crippen LogP contribution >= 0.6 is 0 Å². The molecule has 2 aliphatic heterocycles. The van der Waals surface area contributed by atoms with Crippen LogP contribution in [0, 0.1) is 0 Å². The zero-order chi connectivity index (χ0) is 40.2. The maximum Gasteiger partial charge on any atom is 0.340 e. The summed E-state index contributed by atoms with van der Waals surface area (Å²) in [6, 6.07) is 4.12. The van der Waals surface area contributed by atoms with Gasteiger partial charge in [0, 0.05) is 11.1 Å². The van der Waals surface area contributed by atoms with Gasteiger partial charge >= 0.3 is 17.9 Å². The molecule has 21 heteroatoms. The zero-order valence-corrected chi connectivity index (χ0v) is 27.3. The van der Waals surface area contributed by atoms with Crippen LogP contribution in [0.1, 0.15) is 36.6 Å². The summed E-state index contributed by atoms with van der Waals surface area (Å²) in [4.78, 5) is 40.1. The first-order chi connectivity index (χ1) is 25.9. The number of phenolic OH excluding ortho intramolecular Hbond substituents is 12. The Bertz CT molecular complexity index is 2200. The summed E-state index contributed by atoms with van der Waals surface area (Å²) in [7, 11) is 0. The van der Waals surface area contributed by atoms with E-state index >= 15 is 0 Å². The van der Waals surface area contributed by atoms with Gasteiger partial charge < -0.3 is 90.1 Å². The van der Waals surface area contributed by atoms with Gasteiger partial charge in [-0.25, -0.2) is 14.4 Å². The number of hydrogen-bond donors (Lipinski definition) is 13. The lowest BCUT2D eigenvalue weighted by molar-refractivity contribution is -0.293. The van der Waals surface area contributed by atoms with Crippen molar-refractivity contribution in [2.45, 2.75) is 37.3 Å². The third kappa shape index (κ3) is 6.65. The molecule has 4 aromatic carbocycles. The van der Waals surface area contributed by atoms with E-state index in [0.717, 1.165) is 6.07 Å². The molecule has 0 saturated carbocycles. The molecule has 4 aromatic rings. The smallest absolute Gasteiger partial charge is 0.340 e. The summed E-state index contributed by atoms with van der Waals surface area (Å²) in [5.41, 5.74) is -3.80. The number of hydrogen-bond acceptors (Lipinski definition) is 21. The molecule has 13 N–H and O–H groups in total. The van der Waals surface area contributed by atoms with Crippen LogP contribution in [0.15, 0.2) is 36.4 Å². The van der Waals surface area contributed by atoms with Crippen molar-refractivity contribution in [1.29, 1.82) is 0 Å². The van der Waals surface area contributed by atoms with E-state index in [2.05, 4.69) is 0 Å². The Morgan fingerprint density at radius 2 is 1.07 bits per heavy atom. The molecule has 0 radical (unpaired) electrons. The second-order valence-corrected chi connectivity index (χ2v) is 12.1. The van der Waals surface area contributed by atoms with Gasteiger partial charge in [0.25, 0.3) is 0 Å². The Hall–Kier alpha value is -7.23. The van der Waals surface area contributed by atoms with Gasteiger partial charge in [-0.1, -0.05) is 0 Å². The van der Waals surface area contributed by atoms with Crippen molar-refractivity contribution < 1.29 is 104 Å². The minimum atomic E-state index is -2.21. The molecule has 0 aromatic heterocycles. The highest BCUT2D eigenvalue weighted by Crippen LogP contribution is 2.53. The first-order valence-electron chi connectivity index (χ1n) is 15.5. The van der Waals surface area contributed by atoms with Gasteiger partial charge in [0.15, 0.2) is 63.6 Å². The molecule has 0 unspecified atom stereocenters. The minimum Gasteiger partial charge on any atom is -0.504 e. The summed E-state index contributed by atoms with van der Waals surface area (Å²) in [5.74, 6) is -16.9. The molecule has 5 atom stereocenters. The summed E-state index contributed by atoms with van der Waals surface area (Å²) in [6.45, 7) is -1.94. The third-order valence-corrected chi connectivity index (χ3v) is 8.56. The largest absolute Gasteiger partial charge is 0.504 e. The minimum absolute atomic E-state index is 0.417. The van der Waals surface area contributed by atoms with Gasteiger partial charge in [-0.05, 0) is 42.0 Å². The number of ether oxygens (including phenoxy) is 5. The van der Waals surface area contributed by atoms with Gasteiger partial charge in [-0.2, -0.15) is 0 Å². The molecule has 21 nitrogen and oxygen atoms in total. The monoisotopic (exact) mass is 772 g/mol. The van der Waals surface area contributed by atoms with Crippen molar-refractivity contribution in [3.05, 3.63) is 58.7 Å². The van der Waals surface area contributed by atoms with Crippen molar-refractivity contribution in [2.24, 2.45) is 0 Å². The summed E-state index contributed by atoms with van der Waals surface area (Å²) >= 11 is 0. The lowest BCUT2D eigenvalue weighted by Gasteiger charge is -2.43. The van der Waals surface area contributed by atoms with E-state index in [4.69, 9.17) is 23.7 Å². The summed E-state index contributed by atoms with van der Waals surface area (Å²) in [5, 5.41) is 134. The number of aliphatic hydroxyl groups is 1. The van der Waals surface area contributed by atoms with Crippen molar-refractivity contribution in [1.82, 2.24) is 0 Å². The van der Waals surface area contributed by atoms with E-state index in [1.54, 1.807) is 0 Å². The fraction of sp³-hybridized carbons (Fsp3) is 0.206. The fourth-order valence-electron chi connectivity index (χ4n) is 5.84. The van der Waals surface area contributed by atoms with Crippen LogP contribution < -0.4 is 0 Å². The lowest BCUT2D eigenvalue weighted by atomic mass is 9.91.